The Kier molecular flexibility index (Phi) is 3.17. The zero-order valence-corrected chi connectivity index (χ0v) is 11.0. The number of rotatable bonds is 3. The van der Waals surface area contributed by atoms with E-state index in [0.717, 1.165) is 12.1 Å². The van der Waals surface area contributed by atoms with Crippen LogP contribution in [0.3, 0.4) is 0 Å². The molecule has 3 rings (SSSR count). The van der Waals surface area contributed by atoms with Gasteiger partial charge < -0.3 is 13.7 Å². The number of esters is 1. The molecule has 5 nitrogen and oxygen atoms in total. The largest absolute Gasteiger partial charge is 0.463 e. The third kappa shape index (κ3) is 2.26. The second-order valence-corrected chi connectivity index (χ2v) is 4.39. The van der Waals surface area contributed by atoms with E-state index in [0.29, 0.717) is 16.6 Å². The minimum Gasteiger partial charge on any atom is -0.463 e. The first-order valence-corrected chi connectivity index (χ1v) is 6.04. The van der Waals surface area contributed by atoms with Gasteiger partial charge in [-0.05, 0) is 6.07 Å². The fourth-order valence-electron chi connectivity index (χ4n) is 2.09. The summed E-state index contributed by atoms with van der Waals surface area (Å²) in [6.45, 7) is 0.225. The standard InChI is InChI=1S/C14H10F2N2O3/c1-20-14(19)13-8(2-3-21-13)6-18-7-17-11-4-9(15)10(16)5-12(11)18/h2-5,7H,6H2,1H3. The van der Waals surface area contributed by atoms with Crippen LogP contribution in [0.2, 0.25) is 0 Å². The van der Waals surface area contributed by atoms with Crippen LogP contribution in [-0.4, -0.2) is 22.6 Å². The smallest absolute Gasteiger partial charge is 0.374 e. The highest BCUT2D eigenvalue weighted by Gasteiger charge is 2.17. The number of carbonyl (C=O) groups excluding carboxylic acids is 1. The molecular formula is C14H10F2N2O3. The Morgan fingerprint density at radius 2 is 2.14 bits per heavy atom. The van der Waals surface area contributed by atoms with Crippen LogP contribution in [0.1, 0.15) is 16.1 Å². The van der Waals surface area contributed by atoms with Crippen molar-refractivity contribution in [3.05, 3.63) is 53.7 Å². The van der Waals surface area contributed by atoms with Gasteiger partial charge in [-0.3, -0.25) is 0 Å². The van der Waals surface area contributed by atoms with Gasteiger partial charge in [-0.25, -0.2) is 18.6 Å². The summed E-state index contributed by atoms with van der Waals surface area (Å²) in [4.78, 5) is 15.5. The van der Waals surface area contributed by atoms with E-state index in [9.17, 15) is 13.6 Å². The third-order valence-electron chi connectivity index (χ3n) is 3.12. The molecule has 0 saturated heterocycles. The first-order valence-electron chi connectivity index (χ1n) is 6.04. The minimum atomic E-state index is -0.954. The summed E-state index contributed by atoms with van der Waals surface area (Å²) >= 11 is 0. The Labute approximate surface area is 117 Å². The van der Waals surface area contributed by atoms with E-state index in [1.165, 1.54) is 19.7 Å². The SMILES string of the molecule is COC(=O)c1occc1Cn1cnc2cc(F)c(F)cc21. The van der Waals surface area contributed by atoms with Crippen LogP contribution in [0.4, 0.5) is 8.78 Å². The molecule has 0 fully saturated rings. The second-order valence-electron chi connectivity index (χ2n) is 4.39. The highest BCUT2D eigenvalue weighted by molar-refractivity contribution is 5.88. The summed E-state index contributed by atoms with van der Waals surface area (Å²) in [5.41, 5.74) is 1.31. The lowest BCUT2D eigenvalue weighted by atomic mass is 10.2. The summed E-state index contributed by atoms with van der Waals surface area (Å²) in [6.07, 6.45) is 2.80. The quantitative estimate of drug-likeness (QED) is 0.696. The highest BCUT2D eigenvalue weighted by atomic mass is 19.2. The second kappa shape index (κ2) is 5.01. The van der Waals surface area contributed by atoms with E-state index in [-0.39, 0.29) is 12.3 Å². The Bertz CT molecular complexity index is 823. The maximum atomic E-state index is 13.3. The molecule has 0 aliphatic heterocycles. The number of carbonyl (C=O) groups is 1. The van der Waals surface area contributed by atoms with E-state index in [1.54, 1.807) is 10.6 Å². The highest BCUT2D eigenvalue weighted by Crippen LogP contribution is 2.20. The molecule has 0 radical (unpaired) electrons. The molecule has 2 heterocycles. The van der Waals surface area contributed by atoms with Crippen molar-refractivity contribution in [3.8, 4) is 0 Å². The number of nitrogens with zero attached hydrogens (tertiary/aromatic N) is 2. The summed E-state index contributed by atoms with van der Waals surface area (Å²) in [5, 5.41) is 0. The summed E-state index contributed by atoms with van der Waals surface area (Å²) in [5.74, 6) is -2.44. The summed E-state index contributed by atoms with van der Waals surface area (Å²) in [6, 6.07) is 3.70. The van der Waals surface area contributed by atoms with Crippen molar-refractivity contribution in [2.45, 2.75) is 6.54 Å². The molecule has 7 heteroatoms. The predicted octanol–water partition coefficient (Wildman–Crippen LogP) is 2.74. The van der Waals surface area contributed by atoms with Crippen molar-refractivity contribution in [2.24, 2.45) is 0 Å². The lowest BCUT2D eigenvalue weighted by Gasteiger charge is -2.04. The van der Waals surface area contributed by atoms with Crippen molar-refractivity contribution < 1.29 is 22.7 Å². The Balaban J connectivity index is 2.01. The van der Waals surface area contributed by atoms with E-state index >= 15 is 0 Å². The van der Waals surface area contributed by atoms with Gasteiger partial charge in [-0.15, -0.1) is 0 Å². The molecule has 0 amide bonds. The van der Waals surface area contributed by atoms with Crippen molar-refractivity contribution in [2.75, 3.05) is 7.11 Å². The number of halogens is 2. The van der Waals surface area contributed by atoms with Crippen LogP contribution in [0.25, 0.3) is 11.0 Å². The minimum absolute atomic E-state index is 0.0712. The number of ether oxygens (including phenoxy) is 1. The molecule has 1 aromatic carbocycles. The van der Waals surface area contributed by atoms with Gasteiger partial charge in [0.2, 0.25) is 5.76 Å². The normalized spacial score (nSPS) is 11.0. The molecule has 0 bridgehead atoms. The number of hydrogen-bond donors (Lipinski definition) is 0. The van der Waals surface area contributed by atoms with Crippen molar-refractivity contribution in [1.29, 1.82) is 0 Å². The van der Waals surface area contributed by atoms with Gasteiger partial charge in [0.05, 0.1) is 37.3 Å². The monoisotopic (exact) mass is 292 g/mol. The van der Waals surface area contributed by atoms with Gasteiger partial charge in [0, 0.05) is 17.7 Å². The molecule has 108 valence electrons. The maximum absolute atomic E-state index is 13.3. The van der Waals surface area contributed by atoms with E-state index in [2.05, 4.69) is 9.72 Å². The predicted molar refractivity (Wildman–Crippen MR) is 68.8 cm³/mol. The first-order chi connectivity index (χ1) is 10.1. The topological polar surface area (TPSA) is 57.3 Å². The van der Waals surface area contributed by atoms with Crippen LogP contribution in [0.5, 0.6) is 0 Å². The number of hydrogen-bond acceptors (Lipinski definition) is 4. The van der Waals surface area contributed by atoms with E-state index in [4.69, 9.17) is 4.42 Å². The Morgan fingerprint density at radius 3 is 2.90 bits per heavy atom. The number of aromatic nitrogens is 2. The van der Waals surface area contributed by atoms with Gasteiger partial charge >= 0.3 is 5.97 Å². The first kappa shape index (κ1) is 13.3. The third-order valence-corrected chi connectivity index (χ3v) is 3.12. The molecular weight excluding hydrogens is 282 g/mol. The van der Waals surface area contributed by atoms with Crippen LogP contribution in [-0.2, 0) is 11.3 Å². The van der Waals surface area contributed by atoms with Crippen LogP contribution in [0.15, 0.2) is 35.2 Å². The molecule has 0 unspecified atom stereocenters. The lowest BCUT2D eigenvalue weighted by Crippen LogP contribution is -2.06. The number of fused-ring (bicyclic) bond motifs is 1. The number of benzene rings is 1. The Hall–Kier alpha value is -2.70. The summed E-state index contributed by atoms with van der Waals surface area (Å²) in [7, 11) is 1.25. The number of furan rings is 1. The Morgan fingerprint density at radius 1 is 1.38 bits per heavy atom. The lowest BCUT2D eigenvalue weighted by molar-refractivity contribution is 0.0563. The van der Waals surface area contributed by atoms with E-state index < -0.39 is 17.6 Å². The fourth-order valence-corrected chi connectivity index (χ4v) is 2.09. The molecule has 0 aliphatic rings. The zero-order chi connectivity index (χ0) is 15.0. The average molecular weight is 292 g/mol. The maximum Gasteiger partial charge on any atom is 0.374 e. The molecule has 21 heavy (non-hydrogen) atoms. The van der Waals surface area contributed by atoms with Crippen molar-refractivity contribution in [1.82, 2.24) is 9.55 Å². The molecule has 0 spiro atoms. The number of methoxy groups -OCH3 is 1. The molecule has 3 aromatic rings. The van der Waals surface area contributed by atoms with Gasteiger partial charge in [0.25, 0.3) is 0 Å². The molecule has 0 saturated carbocycles. The van der Waals surface area contributed by atoms with Gasteiger partial charge in [-0.2, -0.15) is 0 Å². The van der Waals surface area contributed by atoms with Crippen LogP contribution >= 0.6 is 0 Å². The fraction of sp³-hybridized carbons (Fsp3) is 0.143. The number of imidazole rings is 1. The van der Waals surface area contributed by atoms with Gasteiger partial charge in [-0.1, -0.05) is 0 Å². The van der Waals surface area contributed by atoms with Gasteiger partial charge in [0.1, 0.15) is 0 Å². The zero-order valence-electron chi connectivity index (χ0n) is 11.0. The van der Waals surface area contributed by atoms with Crippen LogP contribution in [0, 0.1) is 11.6 Å². The molecule has 0 aliphatic carbocycles. The molecule has 0 N–H and O–H groups in total. The van der Waals surface area contributed by atoms with Crippen molar-refractivity contribution >= 4 is 17.0 Å². The van der Waals surface area contributed by atoms with E-state index in [1.807, 2.05) is 0 Å². The molecule has 2 aromatic heterocycles. The van der Waals surface area contributed by atoms with Crippen LogP contribution < -0.4 is 0 Å². The van der Waals surface area contributed by atoms with Crippen molar-refractivity contribution in [3.63, 3.8) is 0 Å². The summed E-state index contributed by atoms with van der Waals surface area (Å²) < 4.78 is 37.8. The molecule has 0 atom stereocenters. The van der Waals surface area contributed by atoms with Gasteiger partial charge in [0.15, 0.2) is 11.6 Å². The average Bonchev–Trinajstić information content (AvgIpc) is 3.07.